The maximum Gasteiger partial charge on any atom is 0.101 e. The molecule has 52 heavy (non-hydrogen) atoms. The molecule has 0 radical (unpaired) electrons. The van der Waals surface area contributed by atoms with Crippen molar-refractivity contribution >= 4 is 34.4 Å². The third-order valence-electron chi connectivity index (χ3n) is 10.1. The second kappa shape index (κ2) is 14.2. The number of hydrogen-bond acceptors (Lipinski definition) is 4. The summed E-state index contributed by atoms with van der Waals surface area (Å²) < 4.78 is 2.26. The second-order valence-electron chi connectivity index (χ2n) is 13.0. The van der Waals surface area contributed by atoms with Crippen LogP contribution in [0.5, 0.6) is 0 Å². The molecule has 1 aliphatic rings. The molecule has 6 aromatic rings. The Kier molecular flexibility index (Phi) is 9.16. The number of rotatable bonds is 9. The van der Waals surface area contributed by atoms with E-state index in [1.807, 2.05) is 37.3 Å². The summed E-state index contributed by atoms with van der Waals surface area (Å²) in [6.07, 6.45) is 7.78. The summed E-state index contributed by atoms with van der Waals surface area (Å²) in [6, 6.07) is 43.8. The van der Waals surface area contributed by atoms with E-state index in [4.69, 9.17) is 0 Å². The molecule has 5 heteroatoms. The fraction of sp³-hybridized carbons (Fsp3) is 0.128. The monoisotopic (exact) mass is 671 g/mol. The van der Waals surface area contributed by atoms with Crippen LogP contribution in [-0.4, -0.2) is 10.6 Å². The average Bonchev–Trinajstić information content (AvgIpc) is 3.68. The molecule has 0 spiro atoms. The van der Waals surface area contributed by atoms with Crippen molar-refractivity contribution in [2.75, 3.05) is 4.90 Å². The van der Waals surface area contributed by atoms with E-state index in [2.05, 4.69) is 139 Å². The van der Waals surface area contributed by atoms with Crippen LogP contribution in [-0.2, 0) is 0 Å². The molecule has 2 heterocycles. The minimum atomic E-state index is -0.292. The van der Waals surface area contributed by atoms with Crippen molar-refractivity contribution in [1.82, 2.24) is 4.57 Å². The molecular weight excluding hydrogens is 635 g/mol. The highest BCUT2D eigenvalue weighted by atomic mass is 15.2. The molecule has 0 fully saturated rings. The van der Waals surface area contributed by atoms with Gasteiger partial charge in [0.25, 0.3) is 0 Å². The van der Waals surface area contributed by atoms with Gasteiger partial charge >= 0.3 is 0 Å². The van der Waals surface area contributed by atoms with Crippen molar-refractivity contribution in [1.29, 1.82) is 15.8 Å². The normalized spacial score (nSPS) is 14.9. The minimum absolute atomic E-state index is 0.139. The molecule has 0 N–H and O–H groups in total. The lowest BCUT2D eigenvalue weighted by molar-refractivity contribution is 0.564. The molecule has 2 unspecified atom stereocenters. The average molecular weight is 672 g/mol. The van der Waals surface area contributed by atoms with Crippen LogP contribution in [0.15, 0.2) is 134 Å². The van der Waals surface area contributed by atoms with Crippen molar-refractivity contribution in [3.63, 3.8) is 0 Å². The molecule has 250 valence electrons. The summed E-state index contributed by atoms with van der Waals surface area (Å²) in [4.78, 5) is 2.22. The van der Waals surface area contributed by atoms with Gasteiger partial charge in [0.2, 0.25) is 0 Å². The van der Waals surface area contributed by atoms with Crippen LogP contribution in [0.3, 0.4) is 0 Å². The number of allylic oxidation sites excluding steroid dienone is 1. The molecule has 7 rings (SSSR count). The maximum atomic E-state index is 10.4. The highest BCUT2D eigenvalue weighted by molar-refractivity contribution is 5.95. The number of nitriles is 3. The molecule has 1 aliphatic heterocycles. The van der Waals surface area contributed by atoms with Crippen molar-refractivity contribution in [2.45, 2.75) is 38.6 Å². The predicted octanol–water partition coefficient (Wildman–Crippen LogP) is 11.9. The van der Waals surface area contributed by atoms with Gasteiger partial charge in [0.05, 0.1) is 40.2 Å². The van der Waals surface area contributed by atoms with Gasteiger partial charge in [0.1, 0.15) is 6.07 Å². The fourth-order valence-corrected chi connectivity index (χ4v) is 7.87. The first-order valence-electron chi connectivity index (χ1n) is 17.5. The minimum Gasteiger partial charge on any atom is -0.336 e. The number of aromatic nitrogens is 1. The highest BCUT2D eigenvalue weighted by Crippen LogP contribution is 2.52. The van der Waals surface area contributed by atoms with Crippen molar-refractivity contribution in [3.8, 4) is 46.1 Å². The van der Waals surface area contributed by atoms with E-state index < -0.39 is 0 Å². The Balaban J connectivity index is 1.29. The Hall–Kier alpha value is -6.87. The van der Waals surface area contributed by atoms with E-state index >= 15 is 0 Å². The zero-order chi connectivity index (χ0) is 36.4. The molecule has 0 amide bonds. The highest BCUT2D eigenvalue weighted by Gasteiger charge is 2.42. The standard InChI is InChI=1S/C47H37N5/c1-5-11-39-40-14-8-9-16-43(40)51(42(39)7-3)37-24-22-34(23-25-37)33-18-20-35(21-19-33)38-15-10-13-36(30-50)47(38)52-44-26-17-32(29-49)27-41(44)46(31(4)28-48)45(52)12-6-2/h5,7-11,13-27,45-46H,3-4,6,12H2,1-2H3/b11-5-. The third-order valence-corrected chi connectivity index (χ3v) is 10.1. The largest absolute Gasteiger partial charge is 0.336 e. The number of hydrogen-bond donors (Lipinski definition) is 0. The van der Waals surface area contributed by atoms with Gasteiger partial charge in [-0.15, -0.1) is 0 Å². The third kappa shape index (κ3) is 5.58. The Bertz CT molecular complexity index is 2510. The molecule has 0 bridgehead atoms. The van der Waals surface area contributed by atoms with E-state index in [0.717, 1.165) is 74.5 Å². The quantitative estimate of drug-likeness (QED) is 0.143. The molecule has 2 atom stereocenters. The molecular formula is C47H37N5. The second-order valence-corrected chi connectivity index (χ2v) is 13.0. The van der Waals surface area contributed by atoms with E-state index in [0.29, 0.717) is 16.7 Å². The SMILES string of the molecule is C=Cc1c(/C=C\C)c2ccccc2n1-c1ccc(-c2ccc(-c3cccc(C#N)c3N3c4ccc(C#N)cc4C(C(=C)C#N)C3CCC)cc2)cc1. The zero-order valence-electron chi connectivity index (χ0n) is 29.3. The van der Waals surface area contributed by atoms with Gasteiger partial charge in [-0.05, 0) is 84.1 Å². The first kappa shape index (κ1) is 33.6. The van der Waals surface area contributed by atoms with Crippen molar-refractivity contribution in [2.24, 2.45) is 0 Å². The molecule has 0 saturated heterocycles. The van der Waals surface area contributed by atoms with E-state index in [-0.39, 0.29) is 12.0 Å². The smallest absolute Gasteiger partial charge is 0.101 e. The predicted molar refractivity (Wildman–Crippen MR) is 213 cm³/mol. The summed E-state index contributed by atoms with van der Waals surface area (Å²) in [7, 11) is 0. The summed E-state index contributed by atoms with van der Waals surface area (Å²) in [5, 5.41) is 31.4. The summed E-state index contributed by atoms with van der Waals surface area (Å²) in [5.74, 6) is -0.292. The van der Waals surface area contributed by atoms with Crippen LogP contribution in [0.2, 0.25) is 0 Å². The Morgan fingerprint density at radius 3 is 2.19 bits per heavy atom. The van der Waals surface area contributed by atoms with Crippen LogP contribution >= 0.6 is 0 Å². The Labute approximate surface area is 305 Å². The Morgan fingerprint density at radius 1 is 0.827 bits per heavy atom. The van der Waals surface area contributed by atoms with Gasteiger partial charge in [-0.2, -0.15) is 15.8 Å². The zero-order valence-corrected chi connectivity index (χ0v) is 29.3. The van der Waals surface area contributed by atoms with Crippen LogP contribution < -0.4 is 4.90 Å². The van der Waals surface area contributed by atoms with Gasteiger partial charge in [0, 0.05) is 45.4 Å². The lowest BCUT2D eigenvalue weighted by Gasteiger charge is -2.32. The summed E-state index contributed by atoms with van der Waals surface area (Å²) >= 11 is 0. The topological polar surface area (TPSA) is 79.5 Å². The molecule has 0 aliphatic carbocycles. The number of para-hydroxylation sites is 2. The maximum absolute atomic E-state index is 10.4. The van der Waals surface area contributed by atoms with E-state index in [1.165, 1.54) is 5.39 Å². The van der Waals surface area contributed by atoms with Gasteiger partial charge in [0.15, 0.2) is 0 Å². The van der Waals surface area contributed by atoms with Gasteiger partial charge in [-0.1, -0.05) is 105 Å². The van der Waals surface area contributed by atoms with E-state index in [9.17, 15) is 15.8 Å². The lowest BCUT2D eigenvalue weighted by atomic mass is 9.86. The van der Waals surface area contributed by atoms with Gasteiger partial charge in [-0.3, -0.25) is 0 Å². The molecule has 5 nitrogen and oxygen atoms in total. The number of fused-ring (bicyclic) bond motifs is 2. The van der Waals surface area contributed by atoms with Crippen LogP contribution in [0, 0.1) is 34.0 Å². The van der Waals surface area contributed by atoms with Crippen molar-refractivity contribution in [3.05, 3.63) is 162 Å². The van der Waals surface area contributed by atoms with Gasteiger partial charge < -0.3 is 9.47 Å². The summed E-state index contributed by atoms with van der Waals surface area (Å²) in [5.41, 5.74) is 12.6. The number of anilines is 2. The first-order valence-corrected chi connectivity index (χ1v) is 17.5. The first-order chi connectivity index (χ1) is 25.5. The van der Waals surface area contributed by atoms with E-state index in [1.54, 1.807) is 6.07 Å². The van der Waals surface area contributed by atoms with Crippen molar-refractivity contribution < 1.29 is 0 Å². The number of benzene rings is 5. The number of nitrogens with zero attached hydrogens (tertiary/aromatic N) is 5. The fourth-order valence-electron chi connectivity index (χ4n) is 7.87. The molecule has 1 aromatic heterocycles. The lowest BCUT2D eigenvalue weighted by Crippen LogP contribution is -2.31. The van der Waals surface area contributed by atoms with Crippen LogP contribution in [0.4, 0.5) is 11.4 Å². The Morgan fingerprint density at radius 2 is 1.54 bits per heavy atom. The van der Waals surface area contributed by atoms with Gasteiger partial charge in [-0.25, -0.2) is 0 Å². The van der Waals surface area contributed by atoms with Crippen LogP contribution in [0.25, 0.3) is 51.0 Å². The summed E-state index contributed by atoms with van der Waals surface area (Å²) in [6.45, 7) is 12.4. The molecule has 0 saturated carbocycles. The van der Waals surface area contributed by atoms with Crippen LogP contribution in [0.1, 0.15) is 60.6 Å². The molecule has 5 aromatic carbocycles.